The Morgan fingerprint density at radius 2 is 1.80 bits per heavy atom. The number of aromatic nitrogens is 2. The van der Waals surface area contributed by atoms with Gasteiger partial charge in [-0.1, -0.05) is 36.4 Å². The predicted molar refractivity (Wildman–Crippen MR) is 124 cm³/mol. The van der Waals surface area contributed by atoms with Gasteiger partial charge in [0.05, 0.1) is 11.4 Å². The summed E-state index contributed by atoms with van der Waals surface area (Å²) in [6.07, 6.45) is 0. The molecule has 0 amide bonds. The number of nitrogens with one attached hydrogen (secondary N) is 2. The average Bonchev–Trinajstić information content (AvgIpc) is 3.28. The summed E-state index contributed by atoms with van der Waals surface area (Å²) >= 11 is 5.34. The van der Waals surface area contributed by atoms with Gasteiger partial charge < -0.3 is 9.73 Å². The fourth-order valence-electron chi connectivity index (χ4n) is 3.20. The minimum absolute atomic E-state index is 0.191. The highest BCUT2D eigenvalue weighted by Gasteiger charge is 2.17. The van der Waals surface area contributed by atoms with Crippen LogP contribution in [0.3, 0.4) is 0 Å². The summed E-state index contributed by atoms with van der Waals surface area (Å²) in [7, 11) is 1.83. The highest BCUT2D eigenvalue weighted by atomic mass is 32.1. The Balaban J connectivity index is 1.53. The number of benzene rings is 2. The molecule has 2 heterocycles. The number of fused-ring (bicyclic) bond motifs is 1. The monoisotopic (exact) mass is 419 g/mol. The van der Waals surface area contributed by atoms with Crippen LogP contribution >= 0.6 is 12.2 Å². The summed E-state index contributed by atoms with van der Waals surface area (Å²) in [6.45, 7) is 3.68. The van der Waals surface area contributed by atoms with Gasteiger partial charge in [0.15, 0.2) is 10.9 Å². The maximum absolute atomic E-state index is 12.9. The van der Waals surface area contributed by atoms with E-state index in [2.05, 4.69) is 15.8 Å². The minimum atomic E-state index is -0.191. The van der Waals surface area contributed by atoms with E-state index >= 15 is 0 Å². The van der Waals surface area contributed by atoms with Crippen LogP contribution in [0.5, 0.6) is 0 Å². The van der Waals surface area contributed by atoms with Crippen molar-refractivity contribution in [1.82, 2.24) is 14.8 Å². The molecule has 2 aromatic heterocycles. The summed E-state index contributed by atoms with van der Waals surface area (Å²) in [4.78, 5) is 12.9. The molecule has 0 fully saturated rings. The van der Waals surface area contributed by atoms with Crippen LogP contribution in [-0.2, 0) is 7.05 Å². The van der Waals surface area contributed by atoms with E-state index in [0.717, 1.165) is 22.4 Å². The molecule has 0 bridgehead atoms. The first-order valence-electron chi connectivity index (χ1n) is 9.40. The van der Waals surface area contributed by atoms with Crippen molar-refractivity contribution in [3.05, 3.63) is 82.5 Å². The van der Waals surface area contributed by atoms with Gasteiger partial charge in [-0.2, -0.15) is 5.10 Å². The maximum atomic E-state index is 12.9. The first kappa shape index (κ1) is 19.7. The van der Waals surface area contributed by atoms with E-state index < -0.39 is 0 Å². The van der Waals surface area contributed by atoms with Crippen LogP contribution in [0.2, 0.25) is 0 Å². The molecule has 4 rings (SSSR count). The number of anilines is 1. The van der Waals surface area contributed by atoms with Crippen molar-refractivity contribution in [3.63, 3.8) is 0 Å². The Hall–Kier alpha value is -3.65. The van der Waals surface area contributed by atoms with Crippen molar-refractivity contribution < 1.29 is 4.42 Å². The lowest BCUT2D eigenvalue weighted by atomic mass is 10.2. The molecule has 0 aliphatic heterocycles. The number of rotatable bonds is 4. The van der Waals surface area contributed by atoms with Gasteiger partial charge in [0.1, 0.15) is 17.0 Å². The molecule has 0 atom stereocenters. The molecule has 0 aliphatic rings. The second kappa shape index (κ2) is 8.00. The second-order valence-electron chi connectivity index (χ2n) is 6.85. The van der Waals surface area contributed by atoms with Gasteiger partial charge in [-0.3, -0.25) is 14.9 Å². The second-order valence-corrected chi connectivity index (χ2v) is 7.26. The molecule has 0 saturated carbocycles. The van der Waals surface area contributed by atoms with Crippen LogP contribution in [0.4, 0.5) is 5.69 Å². The highest BCUT2D eigenvalue weighted by Crippen LogP contribution is 2.19. The van der Waals surface area contributed by atoms with E-state index in [1.54, 1.807) is 9.36 Å². The number of hydrogen-bond donors (Lipinski definition) is 2. The van der Waals surface area contributed by atoms with Crippen molar-refractivity contribution >= 4 is 39.7 Å². The Kier molecular flexibility index (Phi) is 5.24. The molecule has 0 spiro atoms. The number of furan rings is 1. The van der Waals surface area contributed by atoms with E-state index in [1.807, 2.05) is 81.6 Å². The number of hydrazone groups is 1. The lowest BCUT2D eigenvalue weighted by Crippen LogP contribution is -2.28. The molecular formula is C22H21N5O2S. The third-order valence-corrected chi connectivity index (χ3v) is 5.09. The molecule has 2 aromatic carbocycles. The lowest BCUT2D eigenvalue weighted by Gasteiger charge is -2.07. The van der Waals surface area contributed by atoms with Crippen molar-refractivity contribution in [1.29, 1.82) is 0 Å². The van der Waals surface area contributed by atoms with E-state index in [4.69, 9.17) is 16.6 Å². The molecule has 0 saturated heterocycles. The standard InChI is InChI=1S/C22H21N5O2S/c1-14(19-13-16-9-7-8-12-18(16)29-19)24-25-22(30)23-20-15(2)26(3)27(21(20)28)17-10-5-4-6-11-17/h4-13H,1-3H3,(H2,23,25,30)/b24-14-. The number of para-hydroxylation sites is 2. The zero-order valence-electron chi connectivity index (χ0n) is 16.8. The molecule has 30 heavy (non-hydrogen) atoms. The largest absolute Gasteiger partial charge is 0.455 e. The third-order valence-electron chi connectivity index (χ3n) is 4.90. The lowest BCUT2D eigenvalue weighted by molar-refractivity contribution is 0.603. The predicted octanol–water partition coefficient (Wildman–Crippen LogP) is 3.94. The zero-order chi connectivity index (χ0) is 21.3. The molecule has 7 nitrogen and oxygen atoms in total. The van der Waals surface area contributed by atoms with Gasteiger partial charge in [-0.15, -0.1) is 0 Å². The number of thiocarbonyl (C=S) groups is 1. The van der Waals surface area contributed by atoms with Crippen LogP contribution in [-0.4, -0.2) is 20.2 Å². The molecule has 0 aliphatic carbocycles. The van der Waals surface area contributed by atoms with Crippen LogP contribution in [0.15, 0.2) is 75.0 Å². The Morgan fingerprint density at radius 1 is 1.10 bits per heavy atom. The van der Waals surface area contributed by atoms with Crippen molar-refractivity contribution in [2.45, 2.75) is 13.8 Å². The summed E-state index contributed by atoms with van der Waals surface area (Å²) in [5.41, 5.74) is 5.96. The molecule has 4 aromatic rings. The first-order valence-corrected chi connectivity index (χ1v) is 9.81. The fraction of sp³-hybridized carbons (Fsp3) is 0.136. The minimum Gasteiger partial charge on any atom is -0.455 e. The van der Waals surface area contributed by atoms with Crippen molar-refractivity contribution in [2.75, 3.05) is 5.32 Å². The quantitative estimate of drug-likeness (QED) is 0.298. The fourth-order valence-corrected chi connectivity index (χ4v) is 3.35. The zero-order valence-corrected chi connectivity index (χ0v) is 17.7. The van der Waals surface area contributed by atoms with E-state index in [1.165, 1.54) is 0 Å². The van der Waals surface area contributed by atoms with Gasteiger partial charge in [0.2, 0.25) is 0 Å². The third kappa shape index (κ3) is 3.65. The van der Waals surface area contributed by atoms with E-state index in [9.17, 15) is 4.79 Å². The van der Waals surface area contributed by atoms with E-state index in [0.29, 0.717) is 17.2 Å². The van der Waals surface area contributed by atoms with Crippen LogP contribution in [0.1, 0.15) is 18.4 Å². The SMILES string of the molecule is C/C(=N/NC(=S)Nc1c(C)n(C)n(-c2ccccc2)c1=O)c1cc2ccccc2o1. The van der Waals surface area contributed by atoms with Gasteiger partial charge in [-0.25, -0.2) is 4.68 Å². The van der Waals surface area contributed by atoms with E-state index in [-0.39, 0.29) is 10.7 Å². The summed E-state index contributed by atoms with van der Waals surface area (Å²) in [6, 6.07) is 19.1. The molecule has 8 heteroatoms. The Labute approximate surface area is 178 Å². The molecule has 0 unspecified atom stereocenters. The average molecular weight is 420 g/mol. The Morgan fingerprint density at radius 3 is 2.53 bits per heavy atom. The van der Waals surface area contributed by atoms with Crippen molar-refractivity contribution in [2.24, 2.45) is 12.1 Å². The summed E-state index contributed by atoms with van der Waals surface area (Å²) < 4.78 is 9.17. The van der Waals surface area contributed by atoms with Gasteiger partial charge in [-0.05, 0) is 50.3 Å². The van der Waals surface area contributed by atoms with Gasteiger partial charge in [0.25, 0.3) is 5.56 Å². The number of nitrogens with zero attached hydrogens (tertiary/aromatic N) is 3. The summed E-state index contributed by atoms with van der Waals surface area (Å²) in [5.74, 6) is 0.647. The normalized spacial score (nSPS) is 11.6. The van der Waals surface area contributed by atoms with Crippen LogP contribution in [0.25, 0.3) is 16.7 Å². The highest BCUT2D eigenvalue weighted by molar-refractivity contribution is 7.80. The summed E-state index contributed by atoms with van der Waals surface area (Å²) in [5, 5.41) is 8.48. The smallest absolute Gasteiger partial charge is 0.295 e. The first-order chi connectivity index (χ1) is 14.5. The molecule has 152 valence electrons. The number of hydrogen-bond acceptors (Lipinski definition) is 4. The topological polar surface area (TPSA) is 76.5 Å². The molecule has 0 radical (unpaired) electrons. The Bertz CT molecular complexity index is 1280. The van der Waals surface area contributed by atoms with Crippen LogP contribution in [0, 0.1) is 6.92 Å². The van der Waals surface area contributed by atoms with Crippen LogP contribution < -0.4 is 16.3 Å². The van der Waals surface area contributed by atoms with Crippen molar-refractivity contribution in [3.8, 4) is 5.69 Å². The van der Waals surface area contributed by atoms with Gasteiger partial charge >= 0.3 is 0 Å². The molecule has 2 N–H and O–H groups in total. The maximum Gasteiger partial charge on any atom is 0.295 e. The van der Waals surface area contributed by atoms with Gasteiger partial charge in [0, 0.05) is 12.4 Å². The molecular weight excluding hydrogens is 398 g/mol.